The first-order valence-electron chi connectivity index (χ1n) is 8.32. The van der Waals surface area contributed by atoms with Gasteiger partial charge in [-0.05, 0) is 67.5 Å². The van der Waals surface area contributed by atoms with Gasteiger partial charge in [-0.15, -0.1) is 0 Å². The quantitative estimate of drug-likeness (QED) is 0.874. The molecule has 2 aromatic rings. The first-order valence-corrected chi connectivity index (χ1v) is 8.32. The number of aromatic hydroxyl groups is 1. The van der Waals surface area contributed by atoms with E-state index < -0.39 is 0 Å². The van der Waals surface area contributed by atoms with Crippen LogP contribution in [0.5, 0.6) is 11.5 Å². The molecule has 2 atom stereocenters. The second-order valence-corrected chi connectivity index (χ2v) is 6.16. The van der Waals surface area contributed by atoms with E-state index in [-0.39, 0.29) is 6.10 Å². The standard InChI is InChI=1S/C20H24O3/c1-22-18-13-8-16(9-14-18)20-4-2-3-19(23-20)12-7-15-5-10-17(21)11-6-15/h5-6,8-11,13-14,19-21H,2-4,7,12H2,1H3/t19-,20-/m1/s1. The summed E-state index contributed by atoms with van der Waals surface area (Å²) in [6, 6.07) is 15.7. The molecule has 1 N–H and O–H groups in total. The smallest absolute Gasteiger partial charge is 0.118 e. The molecule has 0 unspecified atom stereocenters. The van der Waals surface area contributed by atoms with E-state index in [1.165, 1.54) is 17.5 Å². The number of methoxy groups -OCH3 is 1. The molecule has 0 amide bonds. The molecule has 2 aromatic carbocycles. The molecule has 1 heterocycles. The highest BCUT2D eigenvalue weighted by Gasteiger charge is 2.23. The van der Waals surface area contributed by atoms with Crippen LogP contribution in [0.3, 0.4) is 0 Å². The average molecular weight is 312 g/mol. The molecule has 1 saturated heterocycles. The number of hydrogen-bond donors (Lipinski definition) is 1. The zero-order chi connectivity index (χ0) is 16.1. The summed E-state index contributed by atoms with van der Waals surface area (Å²) in [5.41, 5.74) is 2.48. The van der Waals surface area contributed by atoms with Gasteiger partial charge in [0.1, 0.15) is 11.5 Å². The van der Waals surface area contributed by atoms with E-state index in [9.17, 15) is 5.11 Å². The van der Waals surface area contributed by atoms with Crippen molar-refractivity contribution in [3.63, 3.8) is 0 Å². The molecule has 0 spiro atoms. The summed E-state index contributed by atoms with van der Waals surface area (Å²) in [7, 11) is 1.69. The molecule has 3 nitrogen and oxygen atoms in total. The fourth-order valence-corrected chi connectivity index (χ4v) is 3.17. The maximum atomic E-state index is 9.34. The minimum absolute atomic E-state index is 0.194. The van der Waals surface area contributed by atoms with Gasteiger partial charge in [0.2, 0.25) is 0 Å². The van der Waals surface area contributed by atoms with Crippen LogP contribution in [-0.4, -0.2) is 18.3 Å². The molecule has 0 aliphatic carbocycles. The average Bonchev–Trinajstić information content (AvgIpc) is 2.61. The summed E-state index contributed by atoms with van der Waals surface area (Å²) in [5, 5.41) is 9.34. The normalized spacial score (nSPS) is 21.1. The van der Waals surface area contributed by atoms with Crippen molar-refractivity contribution in [2.24, 2.45) is 0 Å². The van der Waals surface area contributed by atoms with E-state index in [2.05, 4.69) is 12.1 Å². The molecule has 0 saturated carbocycles. The Bertz CT molecular complexity index is 604. The van der Waals surface area contributed by atoms with E-state index in [1.807, 2.05) is 24.3 Å². The van der Waals surface area contributed by atoms with Crippen molar-refractivity contribution in [3.05, 3.63) is 59.7 Å². The largest absolute Gasteiger partial charge is 0.508 e. The molecule has 3 heteroatoms. The van der Waals surface area contributed by atoms with Crippen molar-refractivity contribution in [3.8, 4) is 11.5 Å². The monoisotopic (exact) mass is 312 g/mol. The van der Waals surface area contributed by atoms with Gasteiger partial charge in [0.25, 0.3) is 0 Å². The van der Waals surface area contributed by atoms with E-state index in [4.69, 9.17) is 9.47 Å². The highest BCUT2D eigenvalue weighted by molar-refractivity contribution is 5.29. The Hall–Kier alpha value is -2.00. The molecule has 0 aromatic heterocycles. The minimum Gasteiger partial charge on any atom is -0.508 e. The Morgan fingerprint density at radius 3 is 2.48 bits per heavy atom. The summed E-state index contributed by atoms with van der Waals surface area (Å²) in [6.07, 6.45) is 5.94. The van der Waals surface area contributed by atoms with Crippen LogP contribution in [0.1, 0.15) is 42.9 Å². The summed E-state index contributed by atoms with van der Waals surface area (Å²) >= 11 is 0. The molecule has 1 aliphatic rings. The van der Waals surface area contributed by atoms with Crippen molar-refractivity contribution in [2.75, 3.05) is 7.11 Å². The van der Waals surface area contributed by atoms with Gasteiger partial charge >= 0.3 is 0 Å². The highest BCUT2D eigenvalue weighted by Crippen LogP contribution is 2.33. The van der Waals surface area contributed by atoms with Crippen LogP contribution in [-0.2, 0) is 11.2 Å². The van der Waals surface area contributed by atoms with Crippen LogP contribution in [0.15, 0.2) is 48.5 Å². The van der Waals surface area contributed by atoms with Gasteiger partial charge in [-0.3, -0.25) is 0 Å². The third-order valence-electron chi connectivity index (χ3n) is 4.53. The van der Waals surface area contributed by atoms with E-state index in [0.29, 0.717) is 11.9 Å². The maximum Gasteiger partial charge on any atom is 0.118 e. The third-order valence-corrected chi connectivity index (χ3v) is 4.53. The molecule has 1 aliphatic heterocycles. The molecule has 0 bridgehead atoms. The number of ether oxygens (including phenoxy) is 2. The lowest BCUT2D eigenvalue weighted by molar-refractivity contribution is -0.0546. The van der Waals surface area contributed by atoms with Crippen molar-refractivity contribution >= 4 is 0 Å². The first-order chi connectivity index (χ1) is 11.2. The zero-order valence-electron chi connectivity index (χ0n) is 13.6. The van der Waals surface area contributed by atoms with Crippen molar-refractivity contribution in [2.45, 2.75) is 44.3 Å². The molecule has 3 rings (SSSR count). The second kappa shape index (κ2) is 7.51. The molecular weight excluding hydrogens is 288 g/mol. The summed E-state index contributed by atoms with van der Waals surface area (Å²) in [5.74, 6) is 1.20. The Kier molecular flexibility index (Phi) is 5.19. The summed E-state index contributed by atoms with van der Waals surface area (Å²) in [4.78, 5) is 0. The highest BCUT2D eigenvalue weighted by atomic mass is 16.5. The molecule has 122 valence electrons. The Morgan fingerprint density at radius 2 is 1.78 bits per heavy atom. The Morgan fingerprint density at radius 1 is 1.04 bits per heavy atom. The van der Waals surface area contributed by atoms with Gasteiger partial charge in [-0.25, -0.2) is 0 Å². The Balaban J connectivity index is 1.56. The van der Waals surface area contributed by atoms with Crippen molar-refractivity contribution in [1.29, 1.82) is 0 Å². The lowest BCUT2D eigenvalue weighted by atomic mass is 9.95. The predicted molar refractivity (Wildman–Crippen MR) is 90.9 cm³/mol. The zero-order valence-corrected chi connectivity index (χ0v) is 13.6. The van der Waals surface area contributed by atoms with Crippen LogP contribution in [0.2, 0.25) is 0 Å². The fraction of sp³-hybridized carbons (Fsp3) is 0.400. The van der Waals surface area contributed by atoms with E-state index in [1.54, 1.807) is 19.2 Å². The number of rotatable bonds is 5. The van der Waals surface area contributed by atoms with Gasteiger partial charge in [0, 0.05) is 0 Å². The van der Waals surface area contributed by atoms with Gasteiger partial charge in [0.05, 0.1) is 19.3 Å². The molecule has 1 fully saturated rings. The number of hydrogen-bond acceptors (Lipinski definition) is 3. The van der Waals surface area contributed by atoms with Crippen LogP contribution < -0.4 is 4.74 Å². The molecule has 23 heavy (non-hydrogen) atoms. The molecule has 0 radical (unpaired) electrons. The number of phenols is 1. The van der Waals surface area contributed by atoms with Gasteiger partial charge in [-0.2, -0.15) is 0 Å². The van der Waals surface area contributed by atoms with Gasteiger partial charge in [0.15, 0.2) is 0 Å². The molecular formula is C20H24O3. The second-order valence-electron chi connectivity index (χ2n) is 6.16. The predicted octanol–water partition coefficient (Wildman–Crippen LogP) is 4.64. The SMILES string of the molecule is COc1ccc([C@H]2CCC[C@H](CCc3ccc(O)cc3)O2)cc1. The van der Waals surface area contributed by atoms with Gasteiger partial charge in [-0.1, -0.05) is 24.3 Å². The topological polar surface area (TPSA) is 38.7 Å². The van der Waals surface area contributed by atoms with Gasteiger partial charge < -0.3 is 14.6 Å². The van der Waals surface area contributed by atoms with E-state index in [0.717, 1.165) is 31.4 Å². The van der Waals surface area contributed by atoms with Crippen LogP contribution in [0.4, 0.5) is 0 Å². The fourth-order valence-electron chi connectivity index (χ4n) is 3.17. The van der Waals surface area contributed by atoms with Crippen LogP contribution in [0.25, 0.3) is 0 Å². The summed E-state index contributed by atoms with van der Waals surface area (Å²) in [6.45, 7) is 0. The maximum absolute atomic E-state index is 9.34. The minimum atomic E-state index is 0.194. The summed E-state index contributed by atoms with van der Waals surface area (Å²) < 4.78 is 11.5. The Labute approximate surface area is 137 Å². The van der Waals surface area contributed by atoms with Crippen LogP contribution >= 0.6 is 0 Å². The van der Waals surface area contributed by atoms with Crippen molar-refractivity contribution < 1.29 is 14.6 Å². The third kappa shape index (κ3) is 4.26. The number of benzene rings is 2. The lowest BCUT2D eigenvalue weighted by Gasteiger charge is -2.30. The first kappa shape index (κ1) is 15.9. The van der Waals surface area contributed by atoms with Crippen molar-refractivity contribution in [1.82, 2.24) is 0 Å². The van der Waals surface area contributed by atoms with E-state index >= 15 is 0 Å². The number of aryl methyl sites for hydroxylation is 1. The van der Waals surface area contributed by atoms with Crippen LogP contribution in [0, 0.1) is 0 Å². The number of phenolic OH excluding ortho intramolecular Hbond substituents is 1. The lowest BCUT2D eigenvalue weighted by Crippen LogP contribution is -2.23.